The van der Waals surface area contributed by atoms with Gasteiger partial charge in [-0.25, -0.2) is 9.78 Å². The number of halogens is 1. The van der Waals surface area contributed by atoms with E-state index >= 15 is 0 Å². The minimum absolute atomic E-state index is 0.583. The van der Waals surface area contributed by atoms with Crippen molar-refractivity contribution in [2.75, 3.05) is 7.11 Å². The molecule has 0 amide bonds. The molecule has 6 rings (SSSR count). The van der Waals surface area contributed by atoms with Crippen molar-refractivity contribution < 1.29 is 19.4 Å². The van der Waals surface area contributed by atoms with Crippen LogP contribution in [0.2, 0.25) is 5.02 Å². The van der Waals surface area contributed by atoms with Crippen molar-refractivity contribution in [2.24, 2.45) is 7.05 Å². The van der Waals surface area contributed by atoms with Gasteiger partial charge < -0.3 is 14.6 Å². The Morgan fingerprint density at radius 2 is 1.77 bits per heavy atom. The standard InChI is InChI=1S/C34H31ClN4O4S/c1-18-13-25-31(29(19-7-10-22(35)11-8-19)28(18)30(33(40)41)43-34(2,3)4)44-32(38-25)23-15-24(36-17-27(23)42-6)20-9-12-26-21(14-20)16-37-39(26)5/h7-17,30H,1-6H3,(H,40,41)/t30-/m0/s1. The maximum absolute atomic E-state index is 12.7. The molecule has 6 aromatic rings. The monoisotopic (exact) mass is 626 g/mol. The van der Waals surface area contributed by atoms with Gasteiger partial charge in [0, 0.05) is 34.1 Å². The minimum Gasteiger partial charge on any atom is -0.494 e. The molecular weight excluding hydrogens is 596 g/mol. The molecule has 224 valence electrons. The molecule has 44 heavy (non-hydrogen) atoms. The molecule has 10 heteroatoms. The summed E-state index contributed by atoms with van der Waals surface area (Å²) in [7, 11) is 3.52. The molecule has 0 spiro atoms. The van der Waals surface area contributed by atoms with Crippen LogP contribution in [-0.2, 0) is 16.6 Å². The summed E-state index contributed by atoms with van der Waals surface area (Å²) in [4.78, 5) is 22.4. The predicted molar refractivity (Wildman–Crippen MR) is 176 cm³/mol. The summed E-state index contributed by atoms with van der Waals surface area (Å²) < 4.78 is 14.6. The number of aromatic nitrogens is 4. The molecule has 3 aromatic heterocycles. The number of thiazole rings is 1. The van der Waals surface area contributed by atoms with Crippen LogP contribution in [0.25, 0.3) is 54.1 Å². The van der Waals surface area contributed by atoms with Crippen LogP contribution in [0, 0.1) is 6.92 Å². The smallest absolute Gasteiger partial charge is 0.337 e. The van der Waals surface area contributed by atoms with E-state index in [4.69, 9.17) is 26.1 Å². The second-order valence-electron chi connectivity index (χ2n) is 11.6. The van der Waals surface area contributed by atoms with Gasteiger partial charge in [-0.1, -0.05) is 29.8 Å². The van der Waals surface area contributed by atoms with Crippen molar-refractivity contribution in [3.8, 4) is 38.7 Å². The fraction of sp³-hybridized carbons (Fsp3) is 0.235. The second kappa shape index (κ2) is 11.3. The Bertz CT molecular complexity index is 2040. The zero-order valence-corrected chi connectivity index (χ0v) is 26.7. The molecule has 0 aliphatic heterocycles. The maximum atomic E-state index is 12.7. The van der Waals surface area contributed by atoms with Gasteiger partial charge in [0.15, 0.2) is 6.10 Å². The van der Waals surface area contributed by atoms with Gasteiger partial charge in [0.05, 0.1) is 52.1 Å². The minimum atomic E-state index is -1.19. The zero-order chi connectivity index (χ0) is 31.3. The van der Waals surface area contributed by atoms with Crippen LogP contribution in [-0.4, -0.2) is 43.5 Å². The Hall–Kier alpha value is -4.31. The van der Waals surface area contributed by atoms with Crippen molar-refractivity contribution in [3.63, 3.8) is 0 Å². The molecule has 3 aromatic carbocycles. The second-order valence-corrected chi connectivity index (χ2v) is 13.1. The van der Waals surface area contributed by atoms with E-state index in [0.717, 1.165) is 59.6 Å². The highest BCUT2D eigenvalue weighted by molar-refractivity contribution is 7.22. The number of methoxy groups -OCH3 is 1. The lowest BCUT2D eigenvalue weighted by Crippen LogP contribution is -2.28. The first-order chi connectivity index (χ1) is 20.9. The number of ether oxygens (including phenoxy) is 2. The van der Waals surface area contributed by atoms with Crippen molar-refractivity contribution in [3.05, 3.63) is 83.1 Å². The Balaban J connectivity index is 1.57. The van der Waals surface area contributed by atoms with Crippen molar-refractivity contribution in [1.82, 2.24) is 19.7 Å². The highest BCUT2D eigenvalue weighted by Crippen LogP contribution is 2.46. The highest BCUT2D eigenvalue weighted by atomic mass is 35.5. The molecule has 3 heterocycles. The molecule has 0 saturated heterocycles. The molecule has 1 N–H and O–H groups in total. The van der Waals surface area contributed by atoms with Gasteiger partial charge in [0.25, 0.3) is 0 Å². The first kappa shape index (κ1) is 29.7. The number of carbonyl (C=O) groups is 1. The van der Waals surface area contributed by atoms with Crippen molar-refractivity contribution in [2.45, 2.75) is 39.4 Å². The Kier molecular flexibility index (Phi) is 7.65. The van der Waals surface area contributed by atoms with Gasteiger partial charge in [0.1, 0.15) is 10.8 Å². The first-order valence-electron chi connectivity index (χ1n) is 14.0. The quantitative estimate of drug-likeness (QED) is 0.190. The van der Waals surface area contributed by atoms with E-state index < -0.39 is 17.7 Å². The molecule has 0 unspecified atom stereocenters. The zero-order valence-electron chi connectivity index (χ0n) is 25.2. The van der Waals surface area contributed by atoms with Crippen LogP contribution < -0.4 is 4.74 Å². The van der Waals surface area contributed by atoms with Gasteiger partial charge in [-0.2, -0.15) is 5.10 Å². The summed E-state index contributed by atoms with van der Waals surface area (Å²) in [5.41, 5.74) is 6.51. The summed E-state index contributed by atoms with van der Waals surface area (Å²) in [6.07, 6.45) is 2.35. The molecule has 0 bridgehead atoms. The highest BCUT2D eigenvalue weighted by Gasteiger charge is 2.32. The number of benzene rings is 3. The number of carboxylic acid groups (broad SMARTS) is 1. The van der Waals surface area contributed by atoms with E-state index in [1.807, 2.05) is 82.0 Å². The van der Waals surface area contributed by atoms with E-state index in [1.165, 1.54) is 11.3 Å². The molecule has 0 saturated carbocycles. The fourth-order valence-electron chi connectivity index (χ4n) is 5.41. The molecule has 0 fully saturated rings. The van der Waals surface area contributed by atoms with E-state index in [2.05, 4.69) is 16.1 Å². The third-order valence-corrected chi connectivity index (χ3v) is 8.75. The van der Waals surface area contributed by atoms with E-state index in [-0.39, 0.29) is 0 Å². The number of carboxylic acids is 1. The summed E-state index contributed by atoms with van der Waals surface area (Å²) >= 11 is 7.72. The van der Waals surface area contributed by atoms with Crippen molar-refractivity contribution >= 4 is 50.0 Å². The average Bonchev–Trinajstić information content (AvgIpc) is 3.58. The van der Waals surface area contributed by atoms with Gasteiger partial charge in [-0.05, 0) is 75.2 Å². The lowest BCUT2D eigenvalue weighted by molar-refractivity contribution is -0.160. The normalized spacial score (nSPS) is 12.6. The molecular formula is C34H31ClN4O4S. The number of pyridine rings is 1. The van der Waals surface area contributed by atoms with Crippen molar-refractivity contribution in [1.29, 1.82) is 0 Å². The van der Waals surface area contributed by atoms with Gasteiger partial charge in [-0.3, -0.25) is 9.67 Å². The van der Waals surface area contributed by atoms with Crippen LogP contribution in [0.1, 0.15) is 38.0 Å². The summed E-state index contributed by atoms with van der Waals surface area (Å²) in [5.74, 6) is -0.479. The predicted octanol–water partition coefficient (Wildman–Crippen LogP) is 8.49. The van der Waals surface area contributed by atoms with Crippen LogP contribution in [0.15, 0.2) is 67.0 Å². The number of hydrogen-bond donors (Lipinski definition) is 1. The molecule has 1 atom stereocenters. The Labute approximate surface area is 263 Å². The lowest BCUT2D eigenvalue weighted by Gasteiger charge is -2.28. The molecule has 8 nitrogen and oxygen atoms in total. The molecule has 0 radical (unpaired) electrons. The van der Waals surface area contributed by atoms with Gasteiger partial charge >= 0.3 is 5.97 Å². The fourth-order valence-corrected chi connectivity index (χ4v) is 6.68. The number of nitrogens with zero attached hydrogens (tertiary/aromatic N) is 4. The number of hydrogen-bond acceptors (Lipinski definition) is 7. The lowest BCUT2D eigenvalue weighted by atomic mass is 9.91. The Morgan fingerprint density at radius 1 is 1.05 bits per heavy atom. The Morgan fingerprint density at radius 3 is 2.45 bits per heavy atom. The number of aryl methyl sites for hydroxylation is 2. The van der Waals surface area contributed by atoms with E-state index in [9.17, 15) is 9.90 Å². The van der Waals surface area contributed by atoms with Crippen LogP contribution in [0.4, 0.5) is 0 Å². The topological polar surface area (TPSA) is 99.4 Å². The third-order valence-electron chi connectivity index (χ3n) is 7.38. The molecule has 0 aliphatic carbocycles. The average molecular weight is 627 g/mol. The molecule has 0 aliphatic rings. The van der Waals surface area contributed by atoms with E-state index in [1.54, 1.807) is 25.4 Å². The SMILES string of the molecule is COc1cnc(-c2ccc3c(cnn3C)c2)cc1-c1nc2cc(C)c([C@H](OC(C)(C)C)C(=O)O)c(-c3ccc(Cl)cc3)c2s1. The summed E-state index contributed by atoms with van der Waals surface area (Å²) in [6.45, 7) is 7.45. The van der Waals surface area contributed by atoms with Gasteiger partial charge in [0.2, 0.25) is 0 Å². The van der Waals surface area contributed by atoms with Crippen LogP contribution in [0.3, 0.4) is 0 Å². The number of rotatable bonds is 7. The van der Waals surface area contributed by atoms with E-state index in [0.29, 0.717) is 16.3 Å². The van der Waals surface area contributed by atoms with Crippen LogP contribution >= 0.6 is 22.9 Å². The van der Waals surface area contributed by atoms with Gasteiger partial charge in [-0.15, -0.1) is 11.3 Å². The first-order valence-corrected chi connectivity index (χ1v) is 15.2. The maximum Gasteiger partial charge on any atom is 0.337 e. The summed E-state index contributed by atoms with van der Waals surface area (Å²) in [5, 5.41) is 17.1. The summed E-state index contributed by atoms with van der Waals surface area (Å²) in [6, 6.07) is 17.4. The third kappa shape index (κ3) is 5.54. The largest absolute Gasteiger partial charge is 0.494 e. The number of fused-ring (bicyclic) bond motifs is 2. The van der Waals surface area contributed by atoms with Crippen LogP contribution in [0.5, 0.6) is 5.75 Å². The number of aliphatic carboxylic acids is 1.